The van der Waals surface area contributed by atoms with Crippen LogP contribution in [0.1, 0.15) is 20.3 Å². The standard InChI is InChI=1S/C13H17N5O4/c1-3-8-13(21)18(6-11(20)17-16-7(2)19)12-9(22-8)4-5-10(14)15-12/h4-5,8H,3,6H2,1-2H3,(H2,14,15)(H,16,19)(H,17,20). The van der Waals surface area contributed by atoms with Gasteiger partial charge >= 0.3 is 0 Å². The summed E-state index contributed by atoms with van der Waals surface area (Å²) in [4.78, 5) is 40.2. The number of carbonyl (C=O) groups is 3. The Bertz CT molecular complexity index is 618. The third-order valence-corrected chi connectivity index (χ3v) is 2.98. The number of nitrogens with two attached hydrogens (primary N) is 1. The molecule has 0 fully saturated rings. The molecule has 4 N–H and O–H groups in total. The van der Waals surface area contributed by atoms with E-state index in [9.17, 15) is 14.4 Å². The first-order valence-electron chi connectivity index (χ1n) is 6.72. The van der Waals surface area contributed by atoms with Crippen molar-refractivity contribution in [2.45, 2.75) is 26.4 Å². The van der Waals surface area contributed by atoms with Crippen LogP contribution in [0, 0.1) is 0 Å². The zero-order valence-corrected chi connectivity index (χ0v) is 12.3. The van der Waals surface area contributed by atoms with Crippen molar-refractivity contribution in [2.75, 3.05) is 17.2 Å². The molecule has 1 unspecified atom stereocenters. The van der Waals surface area contributed by atoms with Gasteiger partial charge in [0.25, 0.3) is 11.8 Å². The van der Waals surface area contributed by atoms with Crippen molar-refractivity contribution >= 4 is 29.4 Å². The first-order chi connectivity index (χ1) is 10.4. The summed E-state index contributed by atoms with van der Waals surface area (Å²) in [6.45, 7) is 2.75. The fraction of sp³-hybridized carbons (Fsp3) is 0.385. The van der Waals surface area contributed by atoms with E-state index in [1.807, 2.05) is 0 Å². The molecule has 0 saturated heterocycles. The van der Waals surface area contributed by atoms with Crippen LogP contribution < -0.4 is 26.2 Å². The van der Waals surface area contributed by atoms with E-state index in [1.54, 1.807) is 19.1 Å². The molecule has 2 heterocycles. The number of pyridine rings is 1. The zero-order valence-electron chi connectivity index (χ0n) is 12.3. The molecule has 9 nitrogen and oxygen atoms in total. The van der Waals surface area contributed by atoms with E-state index in [0.29, 0.717) is 12.2 Å². The number of hydrogen-bond donors (Lipinski definition) is 3. The van der Waals surface area contributed by atoms with Crippen LogP contribution in [-0.4, -0.2) is 35.4 Å². The number of fused-ring (bicyclic) bond motifs is 1. The van der Waals surface area contributed by atoms with E-state index in [2.05, 4.69) is 15.8 Å². The fourth-order valence-electron chi connectivity index (χ4n) is 1.97. The largest absolute Gasteiger partial charge is 0.477 e. The van der Waals surface area contributed by atoms with Crippen molar-refractivity contribution in [3.05, 3.63) is 12.1 Å². The minimum Gasteiger partial charge on any atom is -0.477 e. The lowest BCUT2D eigenvalue weighted by atomic mass is 10.2. The van der Waals surface area contributed by atoms with Gasteiger partial charge in [-0.15, -0.1) is 0 Å². The van der Waals surface area contributed by atoms with Crippen LogP contribution in [0.2, 0.25) is 0 Å². The monoisotopic (exact) mass is 307 g/mol. The van der Waals surface area contributed by atoms with E-state index in [-0.39, 0.29) is 24.1 Å². The number of nitrogens with one attached hydrogen (secondary N) is 2. The Hall–Kier alpha value is -2.84. The van der Waals surface area contributed by atoms with Crippen LogP contribution in [0.15, 0.2) is 12.1 Å². The van der Waals surface area contributed by atoms with E-state index in [0.717, 1.165) is 0 Å². The highest BCUT2D eigenvalue weighted by atomic mass is 16.5. The van der Waals surface area contributed by atoms with Gasteiger partial charge in [-0.3, -0.25) is 30.1 Å². The Kier molecular flexibility index (Phi) is 4.44. The highest BCUT2D eigenvalue weighted by molar-refractivity contribution is 6.03. The normalized spacial score (nSPS) is 16.5. The number of aromatic nitrogens is 1. The maximum atomic E-state index is 12.4. The maximum Gasteiger partial charge on any atom is 0.269 e. The number of ether oxygens (including phenoxy) is 1. The number of carbonyl (C=O) groups excluding carboxylic acids is 3. The number of anilines is 2. The number of hydrogen-bond acceptors (Lipinski definition) is 6. The highest BCUT2D eigenvalue weighted by Crippen LogP contribution is 2.33. The van der Waals surface area contributed by atoms with Crippen LogP contribution in [0.5, 0.6) is 5.75 Å². The lowest BCUT2D eigenvalue weighted by Crippen LogP contribution is -2.52. The smallest absolute Gasteiger partial charge is 0.269 e. The highest BCUT2D eigenvalue weighted by Gasteiger charge is 2.35. The quantitative estimate of drug-likeness (QED) is 0.636. The van der Waals surface area contributed by atoms with Crippen LogP contribution in [0.25, 0.3) is 0 Å². The Morgan fingerprint density at radius 1 is 1.41 bits per heavy atom. The predicted octanol–water partition coefficient (Wildman–Crippen LogP) is -0.665. The molecule has 0 bridgehead atoms. The Labute approximate surface area is 126 Å². The molecule has 1 aromatic rings. The molecule has 9 heteroatoms. The molecular weight excluding hydrogens is 290 g/mol. The molecular formula is C13H17N5O4. The first kappa shape index (κ1) is 15.5. The first-order valence-corrected chi connectivity index (χ1v) is 6.72. The summed E-state index contributed by atoms with van der Waals surface area (Å²) in [5.74, 6) is -0.588. The number of nitrogen functional groups attached to an aromatic ring is 1. The molecule has 118 valence electrons. The Morgan fingerprint density at radius 2 is 2.14 bits per heavy atom. The molecule has 1 atom stereocenters. The van der Waals surface area contributed by atoms with Crippen molar-refractivity contribution in [3.63, 3.8) is 0 Å². The second-order valence-electron chi connectivity index (χ2n) is 4.73. The molecule has 3 amide bonds. The van der Waals surface area contributed by atoms with Gasteiger partial charge in [0.2, 0.25) is 5.91 Å². The van der Waals surface area contributed by atoms with Crippen LogP contribution in [0.3, 0.4) is 0 Å². The molecule has 1 aromatic heterocycles. The number of hydrazine groups is 1. The summed E-state index contributed by atoms with van der Waals surface area (Å²) >= 11 is 0. The third-order valence-electron chi connectivity index (χ3n) is 2.98. The molecule has 1 aliphatic rings. The Balaban J connectivity index is 2.24. The topological polar surface area (TPSA) is 127 Å². The van der Waals surface area contributed by atoms with Gasteiger partial charge in [-0.25, -0.2) is 4.98 Å². The molecule has 1 aliphatic heterocycles. The predicted molar refractivity (Wildman–Crippen MR) is 77.7 cm³/mol. The van der Waals surface area contributed by atoms with Crippen molar-refractivity contribution in [2.24, 2.45) is 0 Å². The van der Waals surface area contributed by atoms with E-state index >= 15 is 0 Å². The van der Waals surface area contributed by atoms with Crippen LogP contribution in [-0.2, 0) is 14.4 Å². The zero-order chi connectivity index (χ0) is 16.3. The number of nitrogens with zero attached hydrogens (tertiary/aromatic N) is 2. The van der Waals surface area contributed by atoms with Gasteiger partial charge in [0.15, 0.2) is 17.7 Å². The fourth-order valence-corrected chi connectivity index (χ4v) is 1.97. The van der Waals surface area contributed by atoms with Crippen molar-refractivity contribution < 1.29 is 19.1 Å². The average molecular weight is 307 g/mol. The van der Waals surface area contributed by atoms with Gasteiger partial charge < -0.3 is 10.5 Å². The van der Waals surface area contributed by atoms with Crippen molar-refractivity contribution in [1.29, 1.82) is 0 Å². The van der Waals surface area contributed by atoms with E-state index in [4.69, 9.17) is 10.5 Å². The van der Waals surface area contributed by atoms with Crippen molar-refractivity contribution in [1.82, 2.24) is 15.8 Å². The molecule has 0 aliphatic carbocycles. The van der Waals surface area contributed by atoms with Gasteiger partial charge in [-0.1, -0.05) is 6.92 Å². The summed E-state index contributed by atoms with van der Waals surface area (Å²) in [5.41, 5.74) is 9.98. The number of amides is 3. The summed E-state index contributed by atoms with van der Waals surface area (Å²) in [6.07, 6.45) is -0.238. The van der Waals surface area contributed by atoms with E-state index < -0.39 is 17.9 Å². The van der Waals surface area contributed by atoms with Gasteiger partial charge in [-0.05, 0) is 18.6 Å². The molecule has 2 rings (SSSR count). The Morgan fingerprint density at radius 3 is 2.77 bits per heavy atom. The molecule has 0 saturated carbocycles. The number of rotatable bonds is 3. The SMILES string of the molecule is CCC1Oc2ccc(N)nc2N(CC(=O)NNC(C)=O)C1=O. The molecule has 0 radical (unpaired) electrons. The van der Waals surface area contributed by atoms with Gasteiger partial charge in [-0.2, -0.15) is 0 Å². The summed E-state index contributed by atoms with van der Waals surface area (Å²) in [6, 6.07) is 3.16. The lowest BCUT2D eigenvalue weighted by molar-refractivity contribution is -0.130. The van der Waals surface area contributed by atoms with E-state index in [1.165, 1.54) is 11.8 Å². The van der Waals surface area contributed by atoms with Gasteiger partial charge in [0, 0.05) is 6.92 Å². The second kappa shape index (κ2) is 6.29. The lowest BCUT2D eigenvalue weighted by Gasteiger charge is -2.32. The average Bonchev–Trinajstić information content (AvgIpc) is 2.48. The minimum atomic E-state index is -0.688. The summed E-state index contributed by atoms with van der Waals surface area (Å²) in [7, 11) is 0. The summed E-state index contributed by atoms with van der Waals surface area (Å²) in [5, 5.41) is 0. The molecule has 0 spiro atoms. The molecule has 0 aromatic carbocycles. The van der Waals surface area contributed by atoms with Crippen LogP contribution in [0.4, 0.5) is 11.6 Å². The molecule has 22 heavy (non-hydrogen) atoms. The van der Waals surface area contributed by atoms with Crippen LogP contribution >= 0.6 is 0 Å². The minimum absolute atomic E-state index is 0.188. The maximum absolute atomic E-state index is 12.4. The third kappa shape index (κ3) is 3.25. The van der Waals surface area contributed by atoms with Gasteiger partial charge in [0.05, 0.1) is 0 Å². The van der Waals surface area contributed by atoms with Gasteiger partial charge in [0.1, 0.15) is 12.4 Å². The summed E-state index contributed by atoms with van der Waals surface area (Å²) < 4.78 is 5.55. The van der Waals surface area contributed by atoms with Crippen molar-refractivity contribution in [3.8, 4) is 5.75 Å². The second-order valence-corrected chi connectivity index (χ2v) is 4.73.